The third-order valence-electron chi connectivity index (χ3n) is 4.69. The summed E-state index contributed by atoms with van der Waals surface area (Å²) in [4.78, 5) is 12.5. The van der Waals surface area contributed by atoms with Crippen molar-refractivity contribution in [2.75, 3.05) is 20.8 Å². The van der Waals surface area contributed by atoms with Gasteiger partial charge >= 0.3 is 0 Å². The standard InChI is InChI=1S/C26H28N2O5/c1-4-14-32-22-12-10-20(15-24(22)30-2)17-27-28-26(29)21-11-13-23(25(16-21)31-3)33-18-19-8-6-5-7-9-19/h5-13,15-17H,4,14,18H2,1-3H3,(H,28,29)/b27-17+. The van der Waals surface area contributed by atoms with E-state index in [1.807, 2.05) is 49.4 Å². The summed E-state index contributed by atoms with van der Waals surface area (Å²) in [5.41, 5.74) is 4.73. The Morgan fingerprint density at radius 3 is 2.30 bits per heavy atom. The van der Waals surface area contributed by atoms with Crippen molar-refractivity contribution in [1.29, 1.82) is 0 Å². The van der Waals surface area contributed by atoms with Crippen LogP contribution in [0.25, 0.3) is 0 Å². The molecule has 0 aromatic heterocycles. The summed E-state index contributed by atoms with van der Waals surface area (Å²) in [6.45, 7) is 3.05. The molecular weight excluding hydrogens is 420 g/mol. The van der Waals surface area contributed by atoms with E-state index in [2.05, 4.69) is 10.5 Å². The minimum atomic E-state index is -0.367. The molecule has 0 aliphatic carbocycles. The molecule has 7 heteroatoms. The number of hydrogen-bond donors (Lipinski definition) is 1. The maximum absolute atomic E-state index is 12.5. The van der Waals surface area contributed by atoms with Gasteiger partial charge in [-0.15, -0.1) is 0 Å². The van der Waals surface area contributed by atoms with Crippen LogP contribution in [0.5, 0.6) is 23.0 Å². The predicted octanol–water partition coefficient (Wildman–Crippen LogP) is 4.84. The second kappa shape index (κ2) is 12.1. The maximum atomic E-state index is 12.5. The Labute approximate surface area is 193 Å². The molecule has 0 bridgehead atoms. The normalized spacial score (nSPS) is 10.6. The Morgan fingerprint density at radius 2 is 1.58 bits per heavy atom. The average Bonchev–Trinajstić information content (AvgIpc) is 2.86. The number of amides is 1. The van der Waals surface area contributed by atoms with E-state index in [-0.39, 0.29) is 5.91 Å². The highest BCUT2D eigenvalue weighted by Crippen LogP contribution is 2.29. The number of ether oxygens (including phenoxy) is 4. The van der Waals surface area contributed by atoms with Crippen molar-refractivity contribution >= 4 is 12.1 Å². The van der Waals surface area contributed by atoms with Crippen LogP contribution in [0.4, 0.5) is 0 Å². The molecule has 3 rings (SSSR count). The van der Waals surface area contributed by atoms with Crippen molar-refractivity contribution in [3.05, 3.63) is 83.4 Å². The van der Waals surface area contributed by atoms with Crippen molar-refractivity contribution in [2.45, 2.75) is 20.0 Å². The van der Waals surface area contributed by atoms with Crippen molar-refractivity contribution in [3.8, 4) is 23.0 Å². The lowest BCUT2D eigenvalue weighted by atomic mass is 10.2. The van der Waals surface area contributed by atoms with Crippen LogP contribution in [0.1, 0.15) is 34.8 Å². The van der Waals surface area contributed by atoms with Gasteiger partial charge in [-0.3, -0.25) is 4.79 Å². The summed E-state index contributed by atoms with van der Waals surface area (Å²) >= 11 is 0. The summed E-state index contributed by atoms with van der Waals surface area (Å²) < 4.78 is 22.2. The van der Waals surface area contributed by atoms with Gasteiger partial charge in [0, 0.05) is 5.56 Å². The second-order valence-corrected chi connectivity index (χ2v) is 7.10. The molecule has 0 saturated heterocycles. The van der Waals surface area contributed by atoms with Crippen LogP contribution in [0.3, 0.4) is 0 Å². The van der Waals surface area contributed by atoms with Crippen LogP contribution in [-0.4, -0.2) is 32.9 Å². The molecule has 33 heavy (non-hydrogen) atoms. The number of methoxy groups -OCH3 is 2. The highest BCUT2D eigenvalue weighted by Gasteiger charge is 2.11. The van der Waals surface area contributed by atoms with E-state index in [1.54, 1.807) is 37.6 Å². The fourth-order valence-corrected chi connectivity index (χ4v) is 2.99. The largest absolute Gasteiger partial charge is 0.493 e. The zero-order chi connectivity index (χ0) is 23.5. The zero-order valence-corrected chi connectivity index (χ0v) is 19.0. The highest BCUT2D eigenvalue weighted by atomic mass is 16.5. The van der Waals surface area contributed by atoms with E-state index in [9.17, 15) is 4.79 Å². The van der Waals surface area contributed by atoms with Gasteiger partial charge in [0.15, 0.2) is 23.0 Å². The van der Waals surface area contributed by atoms with Crippen LogP contribution in [0.15, 0.2) is 71.8 Å². The van der Waals surface area contributed by atoms with Crippen molar-refractivity contribution in [1.82, 2.24) is 5.43 Å². The molecule has 3 aromatic carbocycles. The van der Waals surface area contributed by atoms with E-state index in [1.165, 1.54) is 7.11 Å². The molecular formula is C26H28N2O5. The topological polar surface area (TPSA) is 78.4 Å². The molecule has 0 saturated carbocycles. The third-order valence-corrected chi connectivity index (χ3v) is 4.69. The quantitative estimate of drug-likeness (QED) is 0.336. The Balaban J connectivity index is 1.62. The first-order valence-corrected chi connectivity index (χ1v) is 10.6. The minimum Gasteiger partial charge on any atom is -0.493 e. The lowest BCUT2D eigenvalue weighted by Crippen LogP contribution is -2.17. The number of nitrogens with one attached hydrogen (secondary N) is 1. The Hall–Kier alpha value is -4.00. The summed E-state index contributed by atoms with van der Waals surface area (Å²) in [6.07, 6.45) is 2.45. The number of hydrogen-bond acceptors (Lipinski definition) is 6. The van der Waals surface area contributed by atoms with Gasteiger partial charge in [0.2, 0.25) is 0 Å². The SMILES string of the molecule is CCCOc1ccc(/C=N/NC(=O)c2ccc(OCc3ccccc3)c(OC)c2)cc1OC. The van der Waals surface area contributed by atoms with Crippen LogP contribution in [0.2, 0.25) is 0 Å². The molecule has 0 spiro atoms. The number of carbonyl (C=O) groups is 1. The molecule has 7 nitrogen and oxygen atoms in total. The minimum absolute atomic E-state index is 0.367. The third kappa shape index (κ3) is 6.74. The van der Waals surface area contributed by atoms with Gasteiger partial charge in [-0.05, 0) is 53.9 Å². The number of carbonyl (C=O) groups excluding carboxylic acids is 1. The maximum Gasteiger partial charge on any atom is 0.271 e. The Kier molecular flexibility index (Phi) is 8.71. The smallest absolute Gasteiger partial charge is 0.271 e. The lowest BCUT2D eigenvalue weighted by Gasteiger charge is -2.12. The first-order valence-electron chi connectivity index (χ1n) is 10.6. The first kappa shape index (κ1) is 23.7. The number of nitrogens with zero attached hydrogens (tertiary/aromatic N) is 1. The number of benzene rings is 3. The van der Waals surface area contributed by atoms with Crippen LogP contribution >= 0.6 is 0 Å². The Morgan fingerprint density at radius 1 is 0.879 bits per heavy atom. The van der Waals surface area contributed by atoms with E-state index in [0.717, 1.165) is 17.5 Å². The summed E-state index contributed by atoms with van der Waals surface area (Å²) in [5.74, 6) is 1.93. The first-order chi connectivity index (χ1) is 16.1. The highest BCUT2D eigenvalue weighted by molar-refractivity contribution is 5.95. The van der Waals surface area contributed by atoms with E-state index in [0.29, 0.717) is 41.8 Å². The average molecular weight is 449 g/mol. The van der Waals surface area contributed by atoms with Gasteiger partial charge in [-0.2, -0.15) is 5.10 Å². The second-order valence-electron chi connectivity index (χ2n) is 7.10. The van der Waals surface area contributed by atoms with Crippen molar-refractivity contribution in [3.63, 3.8) is 0 Å². The van der Waals surface area contributed by atoms with E-state index >= 15 is 0 Å². The summed E-state index contributed by atoms with van der Waals surface area (Å²) in [5, 5.41) is 4.05. The van der Waals surface area contributed by atoms with Crippen LogP contribution < -0.4 is 24.4 Å². The molecule has 0 unspecified atom stereocenters. The van der Waals surface area contributed by atoms with Gasteiger partial charge in [0.25, 0.3) is 5.91 Å². The summed E-state index contributed by atoms with van der Waals surface area (Å²) in [7, 11) is 3.11. The van der Waals surface area contributed by atoms with Gasteiger partial charge in [0.05, 0.1) is 27.0 Å². The Bertz CT molecular complexity index is 1080. The zero-order valence-electron chi connectivity index (χ0n) is 19.0. The van der Waals surface area contributed by atoms with Gasteiger partial charge in [0.1, 0.15) is 6.61 Å². The van der Waals surface area contributed by atoms with E-state index in [4.69, 9.17) is 18.9 Å². The molecule has 0 atom stereocenters. The molecule has 0 heterocycles. The van der Waals surface area contributed by atoms with Crippen molar-refractivity contribution < 1.29 is 23.7 Å². The molecule has 1 amide bonds. The van der Waals surface area contributed by atoms with Crippen LogP contribution in [-0.2, 0) is 6.61 Å². The molecule has 1 N–H and O–H groups in total. The summed E-state index contributed by atoms with van der Waals surface area (Å²) in [6, 6.07) is 20.3. The lowest BCUT2D eigenvalue weighted by molar-refractivity contribution is 0.0954. The molecule has 0 aliphatic heterocycles. The molecule has 0 fully saturated rings. The van der Waals surface area contributed by atoms with Crippen LogP contribution in [0, 0.1) is 0 Å². The monoisotopic (exact) mass is 448 g/mol. The van der Waals surface area contributed by atoms with E-state index < -0.39 is 0 Å². The number of hydrazone groups is 1. The molecule has 3 aromatic rings. The predicted molar refractivity (Wildman–Crippen MR) is 128 cm³/mol. The fraction of sp³-hybridized carbons (Fsp3) is 0.231. The van der Waals surface area contributed by atoms with Crippen molar-refractivity contribution in [2.24, 2.45) is 5.10 Å². The molecule has 172 valence electrons. The van der Waals surface area contributed by atoms with Gasteiger partial charge in [-0.25, -0.2) is 5.43 Å². The molecule has 0 radical (unpaired) electrons. The van der Waals surface area contributed by atoms with Gasteiger partial charge < -0.3 is 18.9 Å². The van der Waals surface area contributed by atoms with Gasteiger partial charge in [-0.1, -0.05) is 37.3 Å². The molecule has 0 aliphatic rings. The number of rotatable bonds is 11. The fourth-order valence-electron chi connectivity index (χ4n) is 2.99.